The summed E-state index contributed by atoms with van der Waals surface area (Å²) in [6.45, 7) is 2.18. The monoisotopic (exact) mass is 357 g/mol. The number of rotatable bonds is 7. The van der Waals surface area contributed by atoms with E-state index in [0.29, 0.717) is 13.0 Å². The molecule has 1 atom stereocenters. The molecule has 0 aliphatic carbocycles. The Kier molecular flexibility index (Phi) is 5.88. The molecular weight excluding hydrogens is 330 g/mol. The van der Waals surface area contributed by atoms with E-state index in [2.05, 4.69) is 15.0 Å². The smallest absolute Gasteiger partial charge is 0.223 e. The zero-order valence-electron chi connectivity index (χ0n) is 15.8. The molecule has 26 heavy (non-hydrogen) atoms. The van der Waals surface area contributed by atoms with E-state index >= 15 is 0 Å². The van der Waals surface area contributed by atoms with Crippen LogP contribution in [0.5, 0.6) is 5.75 Å². The number of hydrogen-bond donors (Lipinski definition) is 0. The highest BCUT2D eigenvalue weighted by molar-refractivity contribution is 5.76. The molecule has 0 N–H and O–H groups in total. The molecule has 7 nitrogen and oxygen atoms in total. The summed E-state index contributed by atoms with van der Waals surface area (Å²) >= 11 is 0. The third-order valence-electron chi connectivity index (χ3n) is 4.58. The molecule has 2 aromatic heterocycles. The molecule has 2 aromatic rings. The van der Waals surface area contributed by atoms with E-state index < -0.39 is 0 Å². The van der Waals surface area contributed by atoms with E-state index in [9.17, 15) is 4.79 Å². The molecule has 140 valence electrons. The van der Waals surface area contributed by atoms with Crippen molar-refractivity contribution >= 4 is 5.91 Å². The molecule has 3 rings (SSSR count). The molecule has 0 radical (unpaired) electrons. The summed E-state index contributed by atoms with van der Waals surface area (Å²) in [6.07, 6.45) is 5.68. The fourth-order valence-corrected chi connectivity index (χ4v) is 3.22. The van der Waals surface area contributed by atoms with Crippen LogP contribution in [0, 0.1) is 0 Å². The minimum atomic E-state index is 0.0465. The van der Waals surface area contributed by atoms with Crippen LogP contribution in [0.1, 0.15) is 24.2 Å². The normalized spacial score (nSPS) is 17.1. The van der Waals surface area contributed by atoms with Crippen LogP contribution in [-0.2, 0) is 24.8 Å². The first-order chi connectivity index (χ1) is 12.5. The van der Waals surface area contributed by atoms with Crippen LogP contribution in [0.3, 0.4) is 0 Å². The number of carbonyl (C=O) groups is 1. The largest absolute Gasteiger partial charge is 0.488 e. The van der Waals surface area contributed by atoms with Crippen molar-refractivity contribution in [2.24, 2.45) is 7.05 Å². The van der Waals surface area contributed by atoms with Gasteiger partial charge in [0.2, 0.25) is 5.91 Å². The SMILES string of the molecule is CN(C)Cc1cc(OC2CCN(C(=O)CCc3ccnn3C)C2)ccn1. The fourth-order valence-electron chi connectivity index (χ4n) is 3.22. The first-order valence-corrected chi connectivity index (χ1v) is 9.02. The third-order valence-corrected chi connectivity index (χ3v) is 4.58. The lowest BCUT2D eigenvalue weighted by molar-refractivity contribution is -0.130. The van der Waals surface area contributed by atoms with Gasteiger partial charge in [0, 0.05) is 57.1 Å². The highest BCUT2D eigenvalue weighted by atomic mass is 16.5. The quantitative estimate of drug-likeness (QED) is 0.751. The van der Waals surface area contributed by atoms with Gasteiger partial charge >= 0.3 is 0 Å². The van der Waals surface area contributed by atoms with Crippen molar-refractivity contribution in [3.05, 3.63) is 42.0 Å². The molecule has 0 saturated carbocycles. The molecule has 1 amide bonds. The number of carbonyl (C=O) groups excluding carboxylic acids is 1. The molecule has 1 fully saturated rings. The Morgan fingerprint density at radius 1 is 1.35 bits per heavy atom. The second kappa shape index (κ2) is 8.31. The summed E-state index contributed by atoms with van der Waals surface area (Å²) < 4.78 is 7.90. The molecule has 7 heteroatoms. The van der Waals surface area contributed by atoms with Crippen LogP contribution >= 0.6 is 0 Å². The topological polar surface area (TPSA) is 63.5 Å². The molecule has 3 heterocycles. The van der Waals surface area contributed by atoms with E-state index in [0.717, 1.165) is 43.1 Å². The Labute approximate surface area is 154 Å². The van der Waals surface area contributed by atoms with Crippen LogP contribution in [0.15, 0.2) is 30.6 Å². The van der Waals surface area contributed by atoms with E-state index in [4.69, 9.17) is 4.74 Å². The molecule has 1 saturated heterocycles. The van der Waals surface area contributed by atoms with Gasteiger partial charge in [0.1, 0.15) is 11.9 Å². The predicted molar refractivity (Wildman–Crippen MR) is 98.8 cm³/mol. The number of hydrogen-bond acceptors (Lipinski definition) is 5. The Morgan fingerprint density at radius 3 is 2.92 bits per heavy atom. The average Bonchev–Trinajstić information content (AvgIpc) is 3.21. The molecule has 0 spiro atoms. The van der Waals surface area contributed by atoms with Gasteiger partial charge in [-0.25, -0.2) is 0 Å². The molecule has 1 aliphatic heterocycles. The zero-order chi connectivity index (χ0) is 18.5. The predicted octanol–water partition coefficient (Wildman–Crippen LogP) is 1.49. The Hall–Kier alpha value is -2.41. The molecular formula is C19H27N5O2. The van der Waals surface area contributed by atoms with Gasteiger partial charge in [0.15, 0.2) is 0 Å². The number of pyridine rings is 1. The summed E-state index contributed by atoms with van der Waals surface area (Å²) in [5.74, 6) is 1.01. The van der Waals surface area contributed by atoms with Crippen molar-refractivity contribution < 1.29 is 9.53 Å². The van der Waals surface area contributed by atoms with Crippen LogP contribution < -0.4 is 4.74 Å². The van der Waals surface area contributed by atoms with Gasteiger partial charge in [-0.15, -0.1) is 0 Å². The molecule has 1 unspecified atom stereocenters. The number of nitrogens with zero attached hydrogens (tertiary/aromatic N) is 5. The summed E-state index contributed by atoms with van der Waals surface area (Å²) in [6, 6.07) is 5.82. The van der Waals surface area contributed by atoms with Crippen molar-refractivity contribution in [3.63, 3.8) is 0 Å². The van der Waals surface area contributed by atoms with Gasteiger partial charge in [-0.2, -0.15) is 5.10 Å². The number of ether oxygens (including phenoxy) is 1. The van der Waals surface area contributed by atoms with E-state index in [-0.39, 0.29) is 12.0 Å². The summed E-state index contributed by atoms with van der Waals surface area (Å²) in [5, 5.41) is 4.14. The van der Waals surface area contributed by atoms with Crippen molar-refractivity contribution in [2.75, 3.05) is 27.2 Å². The van der Waals surface area contributed by atoms with E-state index in [1.807, 2.05) is 48.9 Å². The second-order valence-corrected chi connectivity index (χ2v) is 7.04. The van der Waals surface area contributed by atoms with Crippen molar-refractivity contribution in [3.8, 4) is 5.75 Å². The van der Waals surface area contributed by atoms with Gasteiger partial charge in [-0.05, 0) is 32.6 Å². The lowest BCUT2D eigenvalue weighted by Crippen LogP contribution is -2.31. The highest BCUT2D eigenvalue weighted by Gasteiger charge is 2.27. The van der Waals surface area contributed by atoms with Crippen molar-refractivity contribution in [1.82, 2.24) is 24.6 Å². The summed E-state index contributed by atoms with van der Waals surface area (Å²) in [5.41, 5.74) is 2.06. The highest BCUT2D eigenvalue weighted by Crippen LogP contribution is 2.20. The van der Waals surface area contributed by atoms with Crippen molar-refractivity contribution in [2.45, 2.75) is 31.9 Å². The lowest BCUT2D eigenvalue weighted by atomic mass is 10.2. The Bertz CT molecular complexity index is 743. The van der Waals surface area contributed by atoms with Crippen LogP contribution in [-0.4, -0.2) is 63.8 Å². The number of likely N-dealkylation sites (tertiary alicyclic amines) is 1. The van der Waals surface area contributed by atoms with Gasteiger partial charge in [-0.1, -0.05) is 0 Å². The van der Waals surface area contributed by atoms with Gasteiger partial charge < -0.3 is 14.5 Å². The molecule has 0 bridgehead atoms. The number of aromatic nitrogens is 3. The Balaban J connectivity index is 1.49. The maximum atomic E-state index is 12.5. The van der Waals surface area contributed by atoms with Crippen molar-refractivity contribution in [1.29, 1.82) is 0 Å². The first kappa shape index (κ1) is 18.4. The summed E-state index contributed by atoms with van der Waals surface area (Å²) in [7, 11) is 5.93. The van der Waals surface area contributed by atoms with E-state index in [1.165, 1.54) is 0 Å². The fraction of sp³-hybridized carbons (Fsp3) is 0.526. The molecule has 0 aromatic carbocycles. The maximum absolute atomic E-state index is 12.5. The standard InChI is InChI=1S/C19H27N5O2/c1-22(2)13-15-12-17(7-9-20-15)26-18-8-11-24(14-18)19(25)5-4-16-6-10-21-23(16)3/h6-7,9-10,12,18H,4-5,8,11,13-14H2,1-3H3. The van der Waals surface area contributed by atoms with Crippen LogP contribution in [0.2, 0.25) is 0 Å². The minimum Gasteiger partial charge on any atom is -0.488 e. The van der Waals surface area contributed by atoms with Crippen LogP contribution in [0.4, 0.5) is 0 Å². The third kappa shape index (κ3) is 4.82. The lowest BCUT2D eigenvalue weighted by Gasteiger charge is -2.18. The van der Waals surface area contributed by atoms with Gasteiger partial charge in [0.25, 0.3) is 0 Å². The van der Waals surface area contributed by atoms with Crippen LogP contribution in [0.25, 0.3) is 0 Å². The van der Waals surface area contributed by atoms with E-state index in [1.54, 1.807) is 12.4 Å². The number of aryl methyl sites for hydroxylation is 2. The summed E-state index contributed by atoms with van der Waals surface area (Å²) in [4.78, 5) is 20.8. The first-order valence-electron chi connectivity index (χ1n) is 9.02. The molecule has 1 aliphatic rings. The Morgan fingerprint density at radius 2 is 2.19 bits per heavy atom. The van der Waals surface area contributed by atoms with Gasteiger partial charge in [-0.3, -0.25) is 14.5 Å². The second-order valence-electron chi connectivity index (χ2n) is 7.04. The average molecular weight is 357 g/mol. The van der Waals surface area contributed by atoms with Gasteiger partial charge in [0.05, 0.1) is 12.2 Å². The zero-order valence-corrected chi connectivity index (χ0v) is 15.8. The minimum absolute atomic E-state index is 0.0465. The maximum Gasteiger partial charge on any atom is 0.223 e. The number of amides is 1.